The quantitative estimate of drug-likeness (QED) is 0.377. The first kappa shape index (κ1) is 22.7. The number of nitrogens with one attached hydrogen (secondary N) is 1. The van der Waals surface area contributed by atoms with Crippen LogP contribution in [0.1, 0.15) is 43.8 Å². The minimum absolute atomic E-state index is 0.0649. The fourth-order valence-electron chi connectivity index (χ4n) is 5.58. The molecule has 5 heterocycles. The summed E-state index contributed by atoms with van der Waals surface area (Å²) in [6.07, 6.45) is 10.5. The Kier molecular flexibility index (Phi) is 5.48. The maximum atomic E-state index is 15.0. The first-order valence-electron chi connectivity index (χ1n) is 12.3. The van der Waals surface area contributed by atoms with Gasteiger partial charge in [0.1, 0.15) is 5.65 Å². The molecule has 36 heavy (non-hydrogen) atoms. The van der Waals surface area contributed by atoms with Gasteiger partial charge in [0.15, 0.2) is 0 Å². The Morgan fingerprint density at radius 1 is 1.17 bits per heavy atom. The van der Waals surface area contributed by atoms with E-state index in [1.54, 1.807) is 37.3 Å². The molecule has 1 fully saturated rings. The van der Waals surface area contributed by atoms with Gasteiger partial charge in [-0.3, -0.25) is 18.8 Å². The third kappa shape index (κ3) is 3.47. The first-order valence-corrected chi connectivity index (χ1v) is 12.3. The zero-order valence-electron chi connectivity index (χ0n) is 20.3. The predicted molar refractivity (Wildman–Crippen MR) is 135 cm³/mol. The second-order valence-corrected chi connectivity index (χ2v) is 9.61. The highest BCUT2D eigenvalue weighted by Crippen LogP contribution is 2.42. The number of halogens is 1. The van der Waals surface area contributed by atoms with Gasteiger partial charge in [-0.25, -0.2) is 9.78 Å². The van der Waals surface area contributed by atoms with Crippen LogP contribution in [0.2, 0.25) is 0 Å². The number of fused-ring (bicyclic) bond motifs is 3. The van der Waals surface area contributed by atoms with E-state index in [4.69, 9.17) is 5.11 Å². The number of H-pyrrole nitrogens is 1. The van der Waals surface area contributed by atoms with E-state index in [9.17, 15) is 9.18 Å². The second kappa shape index (κ2) is 8.70. The highest BCUT2D eigenvalue weighted by Gasteiger charge is 2.28. The number of hydrogen-bond donors (Lipinski definition) is 2. The summed E-state index contributed by atoms with van der Waals surface area (Å²) in [7, 11) is 3.45. The van der Waals surface area contributed by atoms with Crippen LogP contribution >= 0.6 is 0 Å². The Hall–Kier alpha value is -3.79. The summed E-state index contributed by atoms with van der Waals surface area (Å²) < 4.78 is 20.0. The molecular weight excluding hydrogens is 461 g/mol. The highest BCUT2D eigenvalue weighted by atomic mass is 19.1. The van der Waals surface area contributed by atoms with Gasteiger partial charge in [-0.05, 0) is 31.7 Å². The van der Waals surface area contributed by atoms with E-state index >= 15 is 0 Å². The van der Waals surface area contributed by atoms with Crippen molar-refractivity contribution < 1.29 is 9.50 Å². The number of aryl methyl sites for hydroxylation is 3. The summed E-state index contributed by atoms with van der Waals surface area (Å²) in [6, 6.07) is 4.00. The molecule has 5 aromatic heterocycles. The van der Waals surface area contributed by atoms with Crippen LogP contribution in [-0.2, 0) is 20.5 Å². The standard InChI is InChI=1S/C26H28FN7O2/c1-32-14-18(24(27)31-32)22-20(15-9-10-16(28-12-15)6-5-11-35)21-23-19(13-29-25(21)30-22)33(2)26(36)34(23)17-7-3-4-8-17/h9-10,12-14,17,35H,3-8,11H2,1-2H3,(H,29,30). The topological polar surface area (TPSA) is 107 Å². The molecule has 2 N–H and O–H groups in total. The molecule has 0 aromatic carbocycles. The van der Waals surface area contributed by atoms with Crippen LogP contribution in [0.15, 0.2) is 35.5 Å². The van der Waals surface area contributed by atoms with Gasteiger partial charge in [-0.2, -0.15) is 4.39 Å². The normalized spacial score (nSPS) is 14.6. The van der Waals surface area contributed by atoms with Gasteiger partial charge in [-0.1, -0.05) is 18.9 Å². The van der Waals surface area contributed by atoms with Crippen LogP contribution in [0.4, 0.5) is 4.39 Å². The van der Waals surface area contributed by atoms with Crippen LogP contribution in [0.3, 0.4) is 0 Å². The predicted octanol–water partition coefficient (Wildman–Crippen LogP) is 3.86. The molecule has 0 amide bonds. The van der Waals surface area contributed by atoms with Crippen LogP contribution in [0.25, 0.3) is 44.5 Å². The smallest absolute Gasteiger partial charge is 0.329 e. The number of hydrogen-bond acceptors (Lipinski definition) is 5. The van der Waals surface area contributed by atoms with Crippen molar-refractivity contribution in [3.05, 3.63) is 52.8 Å². The molecule has 10 heteroatoms. The van der Waals surface area contributed by atoms with Gasteiger partial charge in [0.05, 0.1) is 33.9 Å². The molecule has 6 rings (SSSR count). The summed E-state index contributed by atoms with van der Waals surface area (Å²) in [5, 5.41) is 13.9. The van der Waals surface area contributed by atoms with E-state index in [-0.39, 0.29) is 18.3 Å². The minimum atomic E-state index is -0.588. The van der Waals surface area contributed by atoms with Gasteiger partial charge < -0.3 is 10.1 Å². The number of aromatic nitrogens is 7. The third-order valence-corrected chi connectivity index (χ3v) is 7.32. The molecular formula is C26H28FN7O2. The molecule has 0 unspecified atom stereocenters. The van der Waals surface area contributed by atoms with Crippen LogP contribution in [0.5, 0.6) is 0 Å². The summed E-state index contributed by atoms with van der Waals surface area (Å²) in [5.41, 5.74) is 5.35. The van der Waals surface area contributed by atoms with Gasteiger partial charge in [0.2, 0.25) is 5.95 Å². The molecule has 9 nitrogen and oxygen atoms in total. The molecule has 1 saturated carbocycles. The summed E-state index contributed by atoms with van der Waals surface area (Å²) in [4.78, 5) is 26.0. The first-order chi connectivity index (χ1) is 17.5. The van der Waals surface area contributed by atoms with E-state index in [1.807, 2.05) is 16.7 Å². The van der Waals surface area contributed by atoms with Gasteiger partial charge >= 0.3 is 5.69 Å². The largest absolute Gasteiger partial charge is 0.396 e. The lowest BCUT2D eigenvalue weighted by molar-refractivity contribution is 0.288. The maximum Gasteiger partial charge on any atom is 0.329 e. The van der Waals surface area contributed by atoms with Crippen LogP contribution in [-0.4, -0.2) is 45.6 Å². The van der Waals surface area contributed by atoms with Gasteiger partial charge in [0.25, 0.3) is 0 Å². The van der Waals surface area contributed by atoms with E-state index in [0.29, 0.717) is 29.7 Å². The van der Waals surface area contributed by atoms with Crippen LogP contribution < -0.4 is 5.69 Å². The molecule has 0 bridgehead atoms. The Bertz CT molecular complexity index is 1640. The van der Waals surface area contributed by atoms with Crippen molar-refractivity contribution in [1.82, 2.24) is 33.9 Å². The van der Waals surface area contributed by atoms with E-state index in [1.165, 1.54) is 4.68 Å². The highest BCUT2D eigenvalue weighted by molar-refractivity contribution is 6.14. The van der Waals surface area contributed by atoms with Crippen molar-refractivity contribution in [1.29, 1.82) is 0 Å². The third-order valence-electron chi connectivity index (χ3n) is 7.32. The number of aliphatic hydroxyl groups excluding tert-OH is 1. The number of aliphatic hydroxyl groups is 1. The molecule has 0 saturated heterocycles. The van der Waals surface area contributed by atoms with Crippen molar-refractivity contribution in [2.45, 2.75) is 44.6 Å². The van der Waals surface area contributed by atoms with Crippen molar-refractivity contribution >= 4 is 22.1 Å². The molecule has 0 spiro atoms. The zero-order chi connectivity index (χ0) is 25.0. The number of aromatic amines is 1. The Balaban J connectivity index is 1.69. The number of nitrogens with zero attached hydrogens (tertiary/aromatic N) is 6. The minimum Gasteiger partial charge on any atom is -0.396 e. The van der Waals surface area contributed by atoms with Crippen molar-refractivity contribution in [3.8, 4) is 22.4 Å². The zero-order valence-corrected chi connectivity index (χ0v) is 20.3. The number of pyridine rings is 2. The lowest BCUT2D eigenvalue weighted by atomic mass is 10.00. The molecule has 0 radical (unpaired) electrons. The SMILES string of the molecule is Cn1cc(-c2[nH]c3ncc4c(c3c2-c2ccc(CCCO)nc2)n(C2CCCC2)c(=O)n4C)c(F)n1. The van der Waals surface area contributed by atoms with Crippen molar-refractivity contribution in [3.63, 3.8) is 0 Å². The van der Waals surface area contributed by atoms with E-state index in [0.717, 1.165) is 58.9 Å². The maximum absolute atomic E-state index is 15.0. The van der Waals surface area contributed by atoms with Gasteiger partial charge in [0, 0.05) is 56.0 Å². The molecule has 5 aromatic rings. The van der Waals surface area contributed by atoms with Gasteiger partial charge in [-0.15, -0.1) is 5.10 Å². The Morgan fingerprint density at radius 2 is 1.97 bits per heavy atom. The Morgan fingerprint density at radius 3 is 2.64 bits per heavy atom. The van der Waals surface area contributed by atoms with Crippen molar-refractivity contribution in [2.24, 2.45) is 14.1 Å². The average Bonchev–Trinajstić information content (AvgIpc) is 3.64. The summed E-state index contributed by atoms with van der Waals surface area (Å²) >= 11 is 0. The average molecular weight is 490 g/mol. The molecule has 1 aliphatic rings. The second-order valence-electron chi connectivity index (χ2n) is 9.61. The fourth-order valence-corrected chi connectivity index (χ4v) is 5.58. The monoisotopic (exact) mass is 489 g/mol. The van der Waals surface area contributed by atoms with E-state index < -0.39 is 5.95 Å². The summed E-state index contributed by atoms with van der Waals surface area (Å²) in [5.74, 6) is -0.588. The number of rotatable bonds is 6. The lowest BCUT2D eigenvalue weighted by Gasteiger charge is -2.13. The molecule has 1 aliphatic carbocycles. The van der Waals surface area contributed by atoms with Crippen LogP contribution in [0, 0.1) is 5.95 Å². The Labute approximate surface area is 206 Å². The molecule has 186 valence electrons. The van der Waals surface area contributed by atoms with Crippen molar-refractivity contribution in [2.75, 3.05) is 6.61 Å². The fraction of sp³-hybridized carbons (Fsp3) is 0.385. The molecule has 0 atom stereocenters. The lowest BCUT2D eigenvalue weighted by Crippen LogP contribution is -2.24. The van der Waals surface area contributed by atoms with E-state index in [2.05, 4.69) is 20.1 Å². The number of imidazole rings is 1. The summed E-state index contributed by atoms with van der Waals surface area (Å²) in [6.45, 7) is 0.104. The molecule has 0 aliphatic heterocycles.